The molecule has 1 aliphatic heterocycles. The van der Waals surface area contributed by atoms with Crippen LogP contribution in [0.3, 0.4) is 0 Å². The first kappa shape index (κ1) is 9.54. The first-order valence-electron chi connectivity index (χ1n) is 4.69. The Hall–Kier alpha value is -0.675. The summed E-state index contributed by atoms with van der Waals surface area (Å²) in [6.45, 7) is 0. The van der Waals surface area contributed by atoms with E-state index in [0.717, 1.165) is 5.82 Å². The van der Waals surface area contributed by atoms with Crippen LogP contribution in [0.5, 0.6) is 0 Å². The van der Waals surface area contributed by atoms with Gasteiger partial charge in [0.05, 0.1) is 0 Å². The van der Waals surface area contributed by atoms with Crippen LogP contribution in [-0.4, -0.2) is 8.91 Å². The third-order valence-corrected chi connectivity index (χ3v) is 4.57. The van der Waals surface area contributed by atoms with Crippen LogP contribution in [0, 0.1) is 0 Å². The van der Waals surface area contributed by atoms with E-state index in [4.69, 9.17) is 0 Å². The van der Waals surface area contributed by atoms with Crippen molar-refractivity contribution in [2.75, 3.05) is 0 Å². The van der Waals surface area contributed by atoms with Gasteiger partial charge in [0.15, 0.2) is 0 Å². The van der Waals surface area contributed by atoms with E-state index in [1.54, 1.807) is 0 Å². The number of aromatic nitrogens is 2. The van der Waals surface area contributed by atoms with E-state index in [1.165, 1.54) is 11.0 Å². The van der Waals surface area contributed by atoms with Gasteiger partial charge in [-0.3, -0.25) is 31.5 Å². The van der Waals surface area contributed by atoms with Crippen LogP contribution in [0.1, 0.15) is 0 Å². The van der Waals surface area contributed by atoms with Gasteiger partial charge in [-0.1, -0.05) is 23.2 Å². The average Bonchev–Trinajstić information content (AvgIpc) is 2.51. The van der Waals surface area contributed by atoms with Gasteiger partial charge in [-0.05, 0) is 6.07 Å². The summed E-state index contributed by atoms with van der Waals surface area (Å²) in [5.41, 5.74) is 2.43. The normalized spacial score (nSPS) is 15.9. The van der Waals surface area contributed by atoms with Crippen LogP contribution in [0.15, 0.2) is 42.7 Å². The van der Waals surface area contributed by atoms with Crippen molar-refractivity contribution in [3.8, 4) is 11.4 Å². The molecule has 0 amide bonds. The van der Waals surface area contributed by atoms with Crippen molar-refractivity contribution in [2.45, 2.75) is 0 Å². The standard InChI is InChI=1S/C10H7BBr2N2/c12-11(13)9-5-2-1-4-8(9)10-14-6-3-7-15(10)11/h1-7H. The summed E-state index contributed by atoms with van der Waals surface area (Å²) in [4.78, 5) is 4.41. The fourth-order valence-electron chi connectivity index (χ4n) is 2.01. The summed E-state index contributed by atoms with van der Waals surface area (Å²) in [6, 6.07) is 10.2. The van der Waals surface area contributed by atoms with E-state index in [0.29, 0.717) is 0 Å². The first-order valence-corrected chi connectivity index (χ1v) is 6.52. The van der Waals surface area contributed by atoms with Crippen LogP contribution in [-0.2, 0) is 0 Å². The van der Waals surface area contributed by atoms with Crippen molar-refractivity contribution < 1.29 is 4.48 Å². The Kier molecular flexibility index (Phi) is 2.01. The van der Waals surface area contributed by atoms with Crippen LogP contribution in [0.4, 0.5) is 0 Å². The van der Waals surface area contributed by atoms with Crippen molar-refractivity contribution in [3.05, 3.63) is 42.7 Å². The van der Waals surface area contributed by atoms with E-state index in [9.17, 15) is 0 Å². The molecule has 15 heavy (non-hydrogen) atoms. The van der Waals surface area contributed by atoms with Crippen molar-refractivity contribution in [2.24, 2.45) is 0 Å². The quantitative estimate of drug-likeness (QED) is 0.675. The predicted octanol–water partition coefficient (Wildman–Crippen LogP) is 1.83. The topological polar surface area (TPSA) is 16.8 Å². The largest absolute Gasteiger partial charge is 0.403 e. The lowest BCUT2D eigenvalue weighted by Gasteiger charge is -2.20. The zero-order valence-electron chi connectivity index (χ0n) is 7.77. The highest BCUT2D eigenvalue weighted by atomic mass is 79.9. The molecule has 0 N–H and O–H groups in total. The van der Waals surface area contributed by atoms with Gasteiger partial charge in [-0.2, -0.15) is 0 Å². The van der Waals surface area contributed by atoms with Gasteiger partial charge in [0.1, 0.15) is 6.20 Å². The molecule has 2 aromatic rings. The van der Waals surface area contributed by atoms with Crippen molar-refractivity contribution >= 4 is 40.9 Å². The fraction of sp³-hybridized carbons (Fsp3) is 0. The molecule has 0 saturated heterocycles. The second-order valence-corrected chi connectivity index (χ2v) is 7.44. The van der Waals surface area contributed by atoms with Gasteiger partial charge >= 0.3 is 3.93 Å². The average molecular weight is 326 g/mol. The van der Waals surface area contributed by atoms with Gasteiger partial charge in [0, 0.05) is 17.8 Å². The third-order valence-electron chi connectivity index (χ3n) is 2.70. The van der Waals surface area contributed by atoms with E-state index in [-0.39, 0.29) is 0 Å². The lowest BCUT2D eigenvalue weighted by atomic mass is 9.82. The van der Waals surface area contributed by atoms with E-state index < -0.39 is 3.93 Å². The zero-order valence-corrected chi connectivity index (χ0v) is 10.9. The molecule has 0 aliphatic carbocycles. The highest BCUT2D eigenvalue weighted by Crippen LogP contribution is 2.28. The molecule has 5 heteroatoms. The highest BCUT2D eigenvalue weighted by Gasteiger charge is 2.39. The van der Waals surface area contributed by atoms with Crippen LogP contribution in [0.2, 0.25) is 0 Å². The summed E-state index contributed by atoms with van der Waals surface area (Å²) in [5, 5.41) is 0. The van der Waals surface area contributed by atoms with Gasteiger partial charge < -0.3 is 4.48 Å². The monoisotopic (exact) mass is 324 g/mol. The van der Waals surface area contributed by atoms with Gasteiger partial charge in [0.2, 0.25) is 0 Å². The van der Waals surface area contributed by atoms with E-state index in [2.05, 4.69) is 53.1 Å². The number of nitrogens with zero attached hydrogens (tertiary/aromatic N) is 2. The van der Waals surface area contributed by atoms with Gasteiger partial charge in [-0.15, -0.1) is 5.46 Å². The molecule has 2 heterocycles. The van der Waals surface area contributed by atoms with Crippen LogP contribution in [0.25, 0.3) is 11.4 Å². The second kappa shape index (κ2) is 3.16. The smallest absolute Gasteiger partial charge is 0.341 e. The zero-order chi connectivity index (χ0) is 10.5. The first-order chi connectivity index (χ1) is 7.21. The lowest BCUT2D eigenvalue weighted by molar-refractivity contribution is -0.520. The Morgan fingerprint density at radius 3 is 2.80 bits per heavy atom. The van der Waals surface area contributed by atoms with Crippen LogP contribution >= 0.6 is 31.5 Å². The summed E-state index contributed by atoms with van der Waals surface area (Å²) in [5.74, 6) is 1.00. The van der Waals surface area contributed by atoms with Crippen molar-refractivity contribution in [1.29, 1.82) is 0 Å². The molecule has 0 bridgehead atoms. The molecule has 0 fully saturated rings. The number of halogens is 2. The summed E-state index contributed by atoms with van der Waals surface area (Å²) >= 11 is 7.48. The number of hydrogen-bond donors (Lipinski definition) is 0. The molecule has 1 aliphatic rings. The Labute approximate surface area is 104 Å². The maximum absolute atomic E-state index is 4.41. The van der Waals surface area contributed by atoms with Crippen molar-refractivity contribution in [1.82, 2.24) is 4.98 Å². The molecular formula is C10H7BBr2N2. The number of benzene rings is 1. The minimum absolute atomic E-state index is 1.00. The maximum atomic E-state index is 4.41. The molecule has 0 unspecified atom stereocenters. The molecule has 0 saturated carbocycles. The minimum atomic E-state index is -1.05. The molecule has 1 aromatic carbocycles. The van der Waals surface area contributed by atoms with Gasteiger partial charge in [-0.25, -0.2) is 0 Å². The van der Waals surface area contributed by atoms with Crippen LogP contribution < -0.4 is 9.94 Å². The Bertz CT molecular complexity index is 495. The lowest BCUT2D eigenvalue weighted by Crippen LogP contribution is -2.59. The SMILES string of the molecule is Br[B-]1(Br)c2ccccc2-c2nccc[n+]21. The Balaban J connectivity index is 2.42. The number of rotatable bonds is 0. The Morgan fingerprint density at radius 1 is 1.13 bits per heavy atom. The maximum Gasteiger partial charge on any atom is 0.341 e. The molecule has 3 rings (SSSR count). The molecule has 1 aromatic heterocycles. The predicted molar refractivity (Wildman–Crippen MR) is 68.5 cm³/mol. The fourth-order valence-corrected chi connectivity index (χ4v) is 3.47. The summed E-state index contributed by atoms with van der Waals surface area (Å²) < 4.78 is 1.08. The summed E-state index contributed by atoms with van der Waals surface area (Å²) in [7, 11) is 0. The number of hydrogen-bond acceptors (Lipinski definition) is 1. The third kappa shape index (κ3) is 1.23. The molecule has 0 atom stereocenters. The molecule has 74 valence electrons. The molecular weight excluding hydrogens is 319 g/mol. The van der Waals surface area contributed by atoms with E-state index in [1.807, 2.05) is 30.6 Å². The second-order valence-electron chi connectivity index (χ2n) is 3.56. The van der Waals surface area contributed by atoms with E-state index >= 15 is 0 Å². The molecule has 2 nitrogen and oxygen atoms in total. The summed E-state index contributed by atoms with van der Waals surface area (Å²) in [6.07, 6.45) is 3.85. The molecule has 0 spiro atoms. The highest BCUT2D eigenvalue weighted by molar-refractivity contribution is 9.51. The van der Waals surface area contributed by atoms with Crippen molar-refractivity contribution in [3.63, 3.8) is 0 Å². The molecule has 0 radical (unpaired) electrons. The van der Waals surface area contributed by atoms with Gasteiger partial charge in [0.25, 0.3) is 5.82 Å². The number of fused-ring (bicyclic) bond motifs is 3. The minimum Gasteiger partial charge on any atom is -0.403 e. The Morgan fingerprint density at radius 2 is 1.93 bits per heavy atom.